The zero-order valence-electron chi connectivity index (χ0n) is 12.0. The van der Waals surface area contributed by atoms with Gasteiger partial charge in [0.15, 0.2) is 0 Å². The average Bonchev–Trinajstić information content (AvgIpc) is 2.51. The fourth-order valence-electron chi connectivity index (χ4n) is 1.72. The predicted octanol–water partition coefficient (Wildman–Crippen LogP) is 2.84. The molecule has 0 aliphatic heterocycles. The Morgan fingerprint density at radius 3 is 2.81 bits per heavy atom. The Labute approximate surface area is 123 Å². The van der Waals surface area contributed by atoms with Crippen molar-refractivity contribution in [1.82, 2.24) is 10.9 Å². The van der Waals surface area contributed by atoms with Crippen molar-refractivity contribution >= 4 is 11.8 Å². The van der Waals surface area contributed by atoms with E-state index in [1.807, 2.05) is 0 Å². The van der Waals surface area contributed by atoms with E-state index in [1.165, 1.54) is 0 Å². The Kier molecular flexibility index (Phi) is 7.39. The van der Waals surface area contributed by atoms with Crippen LogP contribution in [0.15, 0.2) is 29.4 Å². The van der Waals surface area contributed by atoms with Crippen LogP contribution in [0.4, 0.5) is 0 Å². The molecule has 0 aromatic heterocycles. The summed E-state index contributed by atoms with van der Waals surface area (Å²) in [7, 11) is 0. The lowest BCUT2D eigenvalue weighted by Gasteiger charge is -2.08. The van der Waals surface area contributed by atoms with Crippen molar-refractivity contribution in [3.63, 3.8) is 0 Å². The van der Waals surface area contributed by atoms with E-state index in [-0.39, 0.29) is 12.5 Å². The first kappa shape index (κ1) is 16.5. The Hall–Kier alpha value is -2.53. The van der Waals surface area contributed by atoms with Gasteiger partial charge in [-0.05, 0) is 29.6 Å². The van der Waals surface area contributed by atoms with Gasteiger partial charge in [-0.25, -0.2) is 0 Å². The number of hydrazine groups is 1. The van der Waals surface area contributed by atoms with Gasteiger partial charge in [0.25, 0.3) is 5.91 Å². The highest BCUT2D eigenvalue weighted by molar-refractivity contribution is 5.95. The van der Waals surface area contributed by atoms with Crippen molar-refractivity contribution < 1.29 is 9.59 Å². The summed E-state index contributed by atoms with van der Waals surface area (Å²) in [4.78, 5) is 26.0. The Balaban J connectivity index is 2.48. The van der Waals surface area contributed by atoms with Crippen molar-refractivity contribution in [3.05, 3.63) is 45.8 Å². The van der Waals surface area contributed by atoms with Crippen LogP contribution in [0.25, 0.3) is 10.4 Å². The fraction of sp³-hybridized carbons (Fsp3) is 0.429. The first-order chi connectivity index (χ1) is 10.2. The predicted molar refractivity (Wildman–Crippen MR) is 79.0 cm³/mol. The third kappa shape index (κ3) is 6.44. The molecule has 0 fully saturated rings. The van der Waals surface area contributed by atoms with Gasteiger partial charge in [0.05, 0.1) is 6.54 Å². The summed E-state index contributed by atoms with van der Waals surface area (Å²) >= 11 is 0. The summed E-state index contributed by atoms with van der Waals surface area (Å²) < 4.78 is 0. The quantitative estimate of drug-likeness (QED) is 0.265. The number of amides is 2. The summed E-state index contributed by atoms with van der Waals surface area (Å²) in [6.45, 7) is 2.24. The number of nitrogens with one attached hydrogen (secondary N) is 2. The topological polar surface area (TPSA) is 107 Å². The maximum Gasteiger partial charge on any atom is 0.269 e. The molecule has 1 rings (SSSR count). The van der Waals surface area contributed by atoms with E-state index in [0.29, 0.717) is 12.0 Å². The highest BCUT2D eigenvalue weighted by Crippen LogP contribution is 2.06. The Morgan fingerprint density at radius 2 is 2.10 bits per heavy atom. The number of hydrogen-bond donors (Lipinski definition) is 2. The number of azide groups is 1. The molecule has 2 N–H and O–H groups in total. The molecule has 2 amide bonds. The normalized spacial score (nSPS) is 9.57. The zero-order valence-corrected chi connectivity index (χ0v) is 12.0. The third-order valence-electron chi connectivity index (χ3n) is 2.83. The van der Waals surface area contributed by atoms with Gasteiger partial charge in [0.2, 0.25) is 5.91 Å². The molecule has 0 aliphatic carbocycles. The highest BCUT2D eigenvalue weighted by Gasteiger charge is 2.07. The van der Waals surface area contributed by atoms with Crippen molar-refractivity contribution in [2.75, 3.05) is 0 Å². The van der Waals surface area contributed by atoms with E-state index in [0.717, 1.165) is 24.8 Å². The fourth-order valence-corrected chi connectivity index (χ4v) is 1.72. The SMILES string of the molecule is CCCCCC(=O)NNC(=O)c1cccc(CN=[N+]=[N-])c1. The molecule has 0 unspecified atom stereocenters. The van der Waals surface area contributed by atoms with Crippen LogP contribution in [-0.4, -0.2) is 11.8 Å². The number of carbonyl (C=O) groups excluding carboxylic acids is 2. The van der Waals surface area contributed by atoms with E-state index in [9.17, 15) is 9.59 Å². The third-order valence-corrected chi connectivity index (χ3v) is 2.83. The second-order valence-corrected chi connectivity index (χ2v) is 4.55. The summed E-state index contributed by atoms with van der Waals surface area (Å²) in [6.07, 6.45) is 3.23. The van der Waals surface area contributed by atoms with Gasteiger partial charge in [0, 0.05) is 16.9 Å². The molecule has 1 aromatic carbocycles. The number of unbranched alkanes of at least 4 members (excludes halogenated alkanes) is 2. The van der Waals surface area contributed by atoms with Crippen LogP contribution in [0.1, 0.15) is 48.5 Å². The minimum absolute atomic E-state index is 0.182. The van der Waals surface area contributed by atoms with Gasteiger partial charge < -0.3 is 0 Å². The molecule has 21 heavy (non-hydrogen) atoms. The number of carbonyl (C=O) groups is 2. The molecule has 0 bridgehead atoms. The van der Waals surface area contributed by atoms with Gasteiger partial charge in [0.1, 0.15) is 0 Å². The van der Waals surface area contributed by atoms with Crippen LogP contribution in [0.2, 0.25) is 0 Å². The van der Waals surface area contributed by atoms with Crippen LogP contribution < -0.4 is 10.9 Å². The molecule has 112 valence electrons. The largest absolute Gasteiger partial charge is 0.273 e. The lowest BCUT2D eigenvalue weighted by Crippen LogP contribution is -2.41. The van der Waals surface area contributed by atoms with E-state index in [2.05, 4.69) is 27.8 Å². The molecule has 0 aliphatic rings. The molecule has 1 aromatic rings. The van der Waals surface area contributed by atoms with Gasteiger partial charge in [-0.15, -0.1) is 0 Å². The van der Waals surface area contributed by atoms with Crippen molar-refractivity contribution in [3.8, 4) is 0 Å². The number of rotatable bonds is 7. The van der Waals surface area contributed by atoms with E-state index < -0.39 is 5.91 Å². The van der Waals surface area contributed by atoms with E-state index in [1.54, 1.807) is 24.3 Å². The molecular weight excluding hydrogens is 270 g/mol. The maximum atomic E-state index is 11.9. The van der Waals surface area contributed by atoms with Crippen LogP contribution in [-0.2, 0) is 11.3 Å². The second kappa shape index (κ2) is 9.39. The smallest absolute Gasteiger partial charge is 0.269 e. The second-order valence-electron chi connectivity index (χ2n) is 4.55. The van der Waals surface area contributed by atoms with Crippen molar-refractivity contribution in [1.29, 1.82) is 0 Å². The maximum absolute atomic E-state index is 11.9. The van der Waals surface area contributed by atoms with Gasteiger partial charge in [-0.3, -0.25) is 20.4 Å². The molecule has 0 saturated carbocycles. The van der Waals surface area contributed by atoms with Crippen molar-refractivity contribution in [2.45, 2.75) is 39.2 Å². The molecule has 7 heteroatoms. The number of nitrogens with zero attached hydrogens (tertiary/aromatic N) is 3. The summed E-state index contributed by atoms with van der Waals surface area (Å²) in [5, 5.41) is 3.44. The summed E-state index contributed by atoms with van der Waals surface area (Å²) in [5.41, 5.74) is 14.1. The minimum Gasteiger partial charge on any atom is -0.273 e. The summed E-state index contributed by atoms with van der Waals surface area (Å²) in [6, 6.07) is 6.69. The minimum atomic E-state index is -0.401. The van der Waals surface area contributed by atoms with E-state index >= 15 is 0 Å². The molecule has 0 spiro atoms. The van der Waals surface area contributed by atoms with Gasteiger partial charge in [-0.2, -0.15) is 0 Å². The summed E-state index contributed by atoms with van der Waals surface area (Å²) in [5.74, 6) is -0.608. The molecule has 0 heterocycles. The van der Waals surface area contributed by atoms with Gasteiger partial charge in [-0.1, -0.05) is 37.0 Å². The molecule has 0 atom stereocenters. The first-order valence-corrected chi connectivity index (χ1v) is 6.86. The first-order valence-electron chi connectivity index (χ1n) is 6.86. The molecular formula is C14H19N5O2. The zero-order chi connectivity index (χ0) is 15.5. The molecule has 0 radical (unpaired) electrons. The van der Waals surface area contributed by atoms with Crippen LogP contribution >= 0.6 is 0 Å². The monoisotopic (exact) mass is 289 g/mol. The highest BCUT2D eigenvalue weighted by atomic mass is 16.2. The van der Waals surface area contributed by atoms with Crippen LogP contribution in [0.5, 0.6) is 0 Å². The van der Waals surface area contributed by atoms with Gasteiger partial charge >= 0.3 is 0 Å². The van der Waals surface area contributed by atoms with Crippen LogP contribution in [0, 0.1) is 0 Å². The molecule has 7 nitrogen and oxygen atoms in total. The number of benzene rings is 1. The lowest BCUT2D eigenvalue weighted by atomic mass is 10.1. The lowest BCUT2D eigenvalue weighted by molar-refractivity contribution is -0.121. The molecule has 0 saturated heterocycles. The average molecular weight is 289 g/mol. The Morgan fingerprint density at radius 1 is 1.29 bits per heavy atom. The van der Waals surface area contributed by atoms with Crippen LogP contribution in [0.3, 0.4) is 0 Å². The standard InChI is InChI=1S/C14H19N5O2/c1-2-3-4-8-13(20)17-18-14(21)12-7-5-6-11(9-12)10-16-19-15/h5-7,9H,2-4,8,10H2,1H3,(H,17,20)(H,18,21). The number of hydrogen-bond acceptors (Lipinski definition) is 3. The van der Waals surface area contributed by atoms with Crippen molar-refractivity contribution in [2.24, 2.45) is 5.11 Å². The van der Waals surface area contributed by atoms with E-state index in [4.69, 9.17) is 5.53 Å². The Bertz CT molecular complexity index is 538.